The minimum atomic E-state index is 0.407. The fraction of sp³-hybridized carbons (Fsp3) is 0.769. The second kappa shape index (κ2) is 4.89. The van der Waals surface area contributed by atoms with Crippen molar-refractivity contribution in [2.24, 2.45) is 5.92 Å². The van der Waals surface area contributed by atoms with Gasteiger partial charge in [0.05, 0.1) is 5.69 Å². The molecule has 1 saturated carbocycles. The molecule has 1 fully saturated rings. The summed E-state index contributed by atoms with van der Waals surface area (Å²) in [5.74, 6) is 1.82. The van der Waals surface area contributed by atoms with E-state index in [-0.39, 0.29) is 0 Å². The van der Waals surface area contributed by atoms with E-state index in [0.717, 1.165) is 23.6 Å². The van der Waals surface area contributed by atoms with Gasteiger partial charge >= 0.3 is 0 Å². The first kappa shape index (κ1) is 11.5. The van der Waals surface area contributed by atoms with Gasteiger partial charge in [0.1, 0.15) is 0 Å². The average Bonchev–Trinajstić information content (AvgIpc) is 2.83. The van der Waals surface area contributed by atoms with Crippen molar-refractivity contribution in [1.29, 1.82) is 0 Å². The first-order valence-corrected chi connectivity index (χ1v) is 6.42. The summed E-state index contributed by atoms with van der Waals surface area (Å²) in [6.45, 7) is 4.28. The van der Waals surface area contributed by atoms with Gasteiger partial charge < -0.3 is 10.3 Å². The standard InChI is InChI=1S/C13H22N2O/c1-9(2)12-11(15-16-13(12)14)8-7-10-5-3-4-6-10/h9-10H,3-8,14H2,1-2H3. The highest BCUT2D eigenvalue weighted by Gasteiger charge is 2.20. The van der Waals surface area contributed by atoms with Crippen LogP contribution in [0.3, 0.4) is 0 Å². The Morgan fingerprint density at radius 1 is 1.38 bits per heavy atom. The van der Waals surface area contributed by atoms with E-state index in [1.165, 1.54) is 32.1 Å². The number of nitrogens with two attached hydrogens (primary N) is 1. The maximum absolute atomic E-state index is 5.80. The van der Waals surface area contributed by atoms with Crippen molar-refractivity contribution >= 4 is 5.88 Å². The van der Waals surface area contributed by atoms with Crippen LogP contribution in [0.5, 0.6) is 0 Å². The van der Waals surface area contributed by atoms with Crippen molar-refractivity contribution in [3.05, 3.63) is 11.3 Å². The molecule has 0 saturated heterocycles. The van der Waals surface area contributed by atoms with E-state index in [1.54, 1.807) is 0 Å². The fourth-order valence-corrected chi connectivity index (χ4v) is 2.78. The molecular weight excluding hydrogens is 200 g/mol. The van der Waals surface area contributed by atoms with Gasteiger partial charge in [-0.05, 0) is 24.7 Å². The van der Waals surface area contributed by atoms with Gasteiger partial charge in [-0.1, -0.05) is 44.7 Å². The Balaban J connectivity index is 1.97. The molecule has 1 aromatic rings. The summed E-state index contributed by atoms with van der Waals surface area (Å²) in [6.07, 6.45) is 7.87. The highest BCUT2D eigenvalue weighted by atomic mass is 16.5. The first-order valence-electron chi connectivity index (χ1n) is 6.42. The summed E-state index contributed by atoms with van der Waals surface area (Å²) in [4.78, 5) is 0. The van der Waals surface area contributed by atoms with E-state index >= 15 is 0 Å². The van der Waals surface area contributed by atoms with Crippen LogP contribution in [0, 0.1) is 5.92 Å². The van der Waals surface area contributed by atoms with Gasteiger partial charge in [-0.15, -0.1) is 0 Å². The van der Waals surface area contributed by atoms with Crippen LogP contribution >= 0.6 is 0 Å². The molecule has 1 aliphatic rings. The maximum Gasteiger partial charge on any atom is 0.225 e. The monoisotopic (exact) mass is 222 g/mol. The SMILES string of the molecule is CC(C)c1c(CCC2CCCC2)noc1N. The number of nitrogens with zero attached hydrogens (tertiary/aromatic N) is 1. The van der Waals surface area contributed by atoms with Crippen molar-refractivity contribution in [2.75, 3.05) is 5.73 Å². The Morgan fingerprint density at radius 2 is 2.06 bits per heavy atom. The summed E-state index contributed by atoms with van der Waals surface area (Å²) < 4.78 is 5.10. The molecule has 2 rings (SSSR count). The summed E-state index contributed by atoms with van der Waals surface area (Å²) >= 11 is 0. The predicted molar refractivity (Wildman–Crippen MR) is 65.3 cm³/mol. The van der Waals surface area contributed by atoms with Gasteiger partial charge in [0.15, 0.2) is 0 Å². The molecule has 0 unspecified atom stereocenters. The predicted octanol–water partition coefficient (Wildman–Crippen LogP) is 3.50. The first-order chi connectivity index (χ1) is 7.68. The summed E-state index contributed by atoms with van der Waals surface area (Å²) in [5.41, 5.74) is 8.00. The lowest BCUT2D eigenvalue weighted by molar-refractivity contribution is 0.419. The molecule has 90 valence electrons. The Kier molecular flexibility index (Phi) is 3.52. The molecule has 0 aromatic carbocycles. The van der Waals surface area contributed by atoms with Crippen LogP contribution in [0.2, 0.25) is 0 Å². The molecule has 0 aliphatic heterocycles. The van der Waals surface area contributed by atoms with Gasteiger partial charge in [-0.25, -0.2) is 0 Å². The van der Waals surface area contributed by atoms with Crippen LogP contribution in [0.25, 0.3) is 0 Å². The third kappa shape index (κ3) is 2.39. The number of aromatic nitrogens is 1. The third-order valence-corrected chi connectivity index (χ3v) is 3.67. The second-order valence-corrected chi connectivity index (χ2v) is 5.25. The van der Waals surface area contributed by atoms with Crippen LogP contribution in [0.15, 0.2) is 4.52 Å². The lowest BCUT2D eigenvalue weighted by Gasteiger charge is -2.09. The highest BCUT2D eigenvalue weighted by molar-refractivity contribution is 5.41. The van der Waals surface area contributed by atoms with Gasteiger partial charge in [0.2, 0.25) is 5.88 Å². The summed E-state index contributed by atoms with van der Waals surface area (Å²) in [5, 5.41) is 4.10. The van der Waals surface area contributed by atoms with E-state index in [4.69, 9.17) is 10.3 Å². The van der Waals surface area contributed by atoms with Crippen molar-refractivity contribution in [3.8, 4) is 0 Å². The number of hydrogen-bond acceptors (Lipinski definition) is 3. The fourth-order valence-electron chi connectivity index (χ4n) is 2.78. The molecule has 2 N–H and O–H groups in total. The van der Waals surface area contributed by atoms with Crippen molar-refractivity contribution in [1.82, 2.24) is 5.16 Å². The molecule has 0 atom stereocenters. The van der Waals surface area contributed by atoms with Crippen LogP contribution < -0.4 is 5.73 Å². The van der Waals surface area contributed by atoms with Gasteiger partial charge in [-0.2, -0.15) is 0 Å². The highest BCUT2D eigenvalue weighted by Crippen LogP contribution is 2.31. The Hall–Kier alpha value is -0.990. The molecule has 16 heavy (non-hydrogen) atoms. The largest absolute Gasteiger partial charge is 0.367 e. The van der Waals surface area contributed by atoms with Gasteiger partial charge in [0, 0.05) is 5.56 Å². The third-order valence-electron chi connectivity index (χ3n) is 3.67. The van der Waals surface area contributed by atoms with E-state index < -0.39 is 0 Å². The van der Waals surface area contributed by atoms with Crippen LogP contribution in [0.4, 0.5) is 5.88 Å². The quantitative estimate of drug-likeness (QED) is 0.848. The van der Waals surface area contributed by atoms with E-state index in [2.05, 4.69) is 19.0 Å². The molecule has 1 aliphatic carbocycles. The van der Waals surface area contributed by atoms with Crippen LogP contribution in [0.1, 0.15) is 63.1 Å². The molecule has 1 aromatic heterocycles. The molecule has 3 nitrogen and oxygen atoms in total. The number of aryl methyl sites for hydroxylation is 1. The number of hydrogen-bond donors (Lipinski definition) is 1. The lowest BCUT2D eigenvalue weighted by atomic mass is 9.96. The molecular formula is C13H22N2O. The van der Waals surface area contributed by atoms with Crippen molar-refractivity contribution in [3.63, 3.8) is 0 Å². The van der Waals surface area contributed by atoms with Crippen molar-refractivity contribution in [2.45, 2.75) is 58.3 Å². The van der Waals surface area contributed by atoms with E-state index in [9.17, 15) is 0 Å². The second-order valence-electron chi connectivity index (χ2n) is 5.25. The molecule has 0 spiro atoms. The zero-order valence-corrected chi connectivity index (χ0v) is 10.3. The molecule has 3 heteroatoms. The van der Waals surface area contributed by atoms with E-state index in [0.29, 0.717) is 11.8 Å². The number of anilines is 1. The van der Waals surface area contributed by atoms with Crippen LogP contribution in [-0.2, 0) is 6.42 Å². The average molecular weight is 222 g/mol. The molecule has 0 bridgehead atoms. The minimum absolute atomic E-state index is 0.407. The smallest absolute Gasteiger partial charge is 0.225 e. The molecule has 0 radical (unpaired) electrons. The zero-order valence-electron chi connectivity index (χ0n) is 10.3. The Morgan fingerprint density at radius 3 is 2.69 bits per heavy atom. The topological polar surface area (TPSA) is 52.0 Å². The molecule has 1 heterocycles. The minimum Gasteiger partial charge on any atom is -0.367 e. The molecule has 0 amide bonds. The summed E-state index contributed by atoms with van der Waals surface area (Å²) in [6, 6.07) is 0. The van der Waals surface area contributed by atoms with Crippen molar-refractivity contribution < 1.29 is 4.52 Å². The lowest BCUT2D eigenvalue weighted by Crippen LogP contribution is -2.01. The van der Waals surface area contributed by atoms with E-state index in [1.807, 2.05) is 0 Å². The van der Waals surface area contributed by atoms with Crippen LogP contribution in [-0.4, -0.2) is 5.16 Å². The Labute approximate surface area is 97.4 Å². The number of rotatable bonds is 4. The number of nitrogen functional groups attached to an aromatic ring is 1. The van der Waals surface area contributed by atoms with Gasteiger partial charge in [0.25, 0.3) is 0 Å². The Bertz CT molecular complexity index is 338. The maximum atomic E-state index is 5.80. The zero-order chi connectivity index (χ0) is 11.5. The van der Waals surface area contributed by atoms with Gasteiger partial charge in [-0.3, -0.25) is 0 Å². The normalized spacial score (nSPS) is 17.4. The summed E-state index contributed by atoms with van der Waals surface area (Å²) in [7, 11) is 0.